The van der Waals surface area contributed by atoms with Crippen LogP contribution in [0.5, 0.6) is 0 Å². The molecule has 0 bridgehead atoms. The monoisotopic (exact) mass is 355 g/mol. The van der Waals surface area contributed by atoms with Crippen LogP contribution in [0.25, 0.3) is 0 Å². The summed E-state index contributed by atoms with van der Waals surface area (Å²) in [5.41, 5.74) is 2.26. The molecule has 4 nitrogen and oxygen atoms in total. The lowest BCUT2D eigenvalue weighted by Gasteiger charge is -2.26. The highest BCUT2D eigenvalue weighted by Crippen LogP contribution is 2.12. The first-order valence-electron chi connectivity index (χ1n) is 9.19. The van der Waals surface area contributed by atoms with Crippen molar-refractivity contribution in [2.24, 2.45) is 0 Å². The van der Waals surface area contributed by atoms with Gasteiger partial charge in [0.25, 0.3) is 0 Å². The first-order valence-corrected chi connectivity index (χ1v) is 9.19. The number of urea groups is 1. The third kappa shape index (κ3) is 9.84. The molecule has 0 aliphatic rings. The Labute approximate surface area is 158 Å². The fourth-order valence-electron chi connectivity index (χ4n) is 2.64. The smallest absolute Gasteiger partial charge is 0.315 e. The summed E-state index contributed by atoms with van der Waals surface area (Å²) >= 11 is 0. The van der Waals surface area contributed by atoms with Crippen LogP contribution in [0.4, 0.5) is 4.79 Å². The van der Waals surface area contributed by atoms with Gasteiger partial charge in [0.05, 0.1) is 0 Å². The molecule has 4 heteroatoms. The minimum atomic E-state index is -0.273. The second-order valence-corrected chi connectivity index (χ2v) is 7.02. The lowest BCUT2D eigenvalue weighted by atomic mass is 9.95. The molecular weight excluding hydrogens is 322 g/mol. The van der Waals surface area contributed by atoms with Crippen molar-refractivity contribution < 1.29 is 4.79 Å². The molecule has 0 saturated carbocycles. The predicted molar refractivity (Wildman–Crippen MR) is 111 cm³/mol. The van der Waals surface area contributed by atoms with E-state index >= 15 is 0 Å². The van der Waals surface area contributed by atoms with Gasteiger partial charge < -0.3 is 16.0 Å². The van der Waals surface area contributed by atoms with Crippen LogP contribution in [0, 0.1) is 0 Å². The molecule has 0 heterocycles. The van der Waals surface area contributed by atoms with E-state index in [2.05, 4.69) is 40.2 Å². The maximum atomic E-state index is 12.0. The van der Waals surface area contributed by atoms with Crippen LogP contribution < -0.4 is 16.0 Å². The van der Waals surface area contributed by atoms with Gasteiger partial charge >= 0.3 is 6.03 Å². The normalized spacial score (nSPS) is 10.5. The minimum Gasteiger partial charge on any atom is -0.338 e. The Kier molecular flexibility index (Phi) is 10.1. The van der Waals surface area contributed by atoms with E-state index in [0.717, 1.165) is 19.3 Å². The van der Waals surface area contributed by atoms with Gasteiger partial charge in [-0.05, 0) is 58.3 Å². The van der Waals surface area contributed by atoms with Crippen LogP contribution in [0.15, 0.2) is 60.7 Å². The Morgan fingerprint density at radius 1 is 0.885 bits per heavy atom. The number of carbonyl (C=O) groups is 1. The van der Waals surface area contributed by atoms with Crippen molar-refractivity contribution in [3.05, 3.63) is 71.8 Å². The molecule has 0 atom stereocenters. The predicted octanol–water partition coefficient (Wildman–Crippen LogP) is 3.78. The fraction of sp³-hybridized carbons (Fsp3) is 0.409. The van der Waals surface area contributed by atoms with Crippen LogP contribution in [0.3, 0.4) is 0 Å². The number of hydrogen-bond donors (Lipinski definition) is 3. The Balaban J connectivity index is 0.00000105. The molecule has 0 saturated heterocycles. The van der Waals surface area contributed by atoms with Gasteiger partial charge in [-0.3, -0.25) is 0 Å². The largest absolute Gasteiger partial charge is 0.338 e. The molecule has 0 unspecified atom stereocenters. The van der Waals surface area contributed by atoms with E-state index in [0.29, 0.717) is 6.54 Å². The number of carbonyl (C=O) groups excluding carboxylic acids is 1. The zero-order valence-electron chi connectivity index (χ0n) is 16.5. The van der Waals surface area contributed by atoms with Gasteiger partial charge in [-0.1, -0.05) is 60.7 Å². The number of benzene rings is 2. The SMILES string of the molecule is CC(C)(Cc1ccccc1)NC(=O)NCCCc1ccccc1.CNC. The topological polar surface area (TPSA) is 53.2 Å². The van der Waals surface area contributed by atoms with E-state index in [-0.39, 0.29) is 11.6 Å². The van der Waals surface area contributed by atoms with Gasteiger partial charge in [0.1, 0.15) is 0 Å². The third-order valence-corrected chi connectivity index (χ3v) is 3.71. The van der Waals surface area contributed by atoms with Gasteiger partial charge in [0.2, 0.25) is 0 Å². The molecule has 0 aliphatic carbocycles. The molecule has 2 aromatic carbocycles. The quantitative estimate of drug-likeness (QED) is 0.662. The molecule has 2 aromatic rings. The molecule has 0 fully saturated rings. The van der Waals surface area contributed by atoms with Crippen LogP contribution >= 0.6 is 0 Å². The van der Waals surface area contributed by atoms with Crippen molar-refractivity contribution in [1.29, 1.82) is 0 Å². The number of nitrogens with one attached hydrogen (secondary N) is 3. The van der Waals surface area contributed by atoms with Crippen molar-refractivity contribution in [3.63, 3.8) is 0 Å². The van der Waals surface area contributed by atoms with E-state index in [1.807, 2.05) is 64.3 Å². The van der Waals surface area contributed by atoms with Gasteiger partial charge in [0, 0.05) is 12.1 Å². The molecular formula is C22H33N3O. The van der Waals surface area contributed by atoms with E-state index in [1.54, 1.807) is 0 Å². The molecule has 0 aliphatic heterocycles. The van der Waals surface area contributed by atoms with Gasteiger partial charge in [-0.2, -0.15) is 0 Å². The highest BCUT2D eigenvalue weighted by molar-refractivity contribution is 5.74. The molecule has 0 aromatic heterocycles. The van der Waals surface area contributed by atoms with E-state index in [9.17, 15) is 4.79 Å². The van der Waals surface area contributed by atoms with Crippen LogP contribution in [-0.4, -0.2) is 32.2 Å². The fourth-order valence-corrected chi connectivity index (χ4v) is 2.64. The zero-order chi connectivity index (χ0) is 19.3. The third-order valence-electron chi connectivity index (χ3n) is 3.71. The highest BCUT2D eigenvalue weighted by Gasteiger charge is 2.20. The maximum Gasteiger partial charge on any atom is 0.315 e. The summed E-state index contributed by atoms with van der Waals surface area (Å²) in [6.45, 7) is 4.77. The number of rotatable bonds is 7. The Morgan fingerprint density at radius 2 is 1.38 bits per heavy atom. The summed E-state index contributed by atoms with van der Waals surface area (Å²) in [5, 5.41) is 8.75. The first-order chi connectivity index (χ1) is 12.5. The summed E-state index contributed by atoms with van der Waals surface area (Å²) in [5.74, 6) is 0. The molecule has 0 radical (unpaired) electrons. The lowest BCUT2D eigenvalue weighted by molar-refractivity contribution is 0.229. The van der Waals surface area contributed by atoms with Crippen molar-refractivity contribution >= 4 is 6.03 Å². The molecule has 2 amide bonds. The molecule has 3 N–H and O–H groups in total. The van der Waals surface area contributed by atoms with Crippen molar-refractivity contribution in [3.8, 4) is 0 Å². The van der Waals surface area contributed by atoms with Crippen molar-refractivity contribution in [2.45, 2.75) is 38.6 Å². The Morgan fingerprint density at radius 3 is 1.92 bits per heavy atom. The van der Waals surface area contributed by atoms with Crippen molar-refractivity contribution in [1.82, 2.24) is 16.0 Å². The molecule has 2 rings (SSSR count). The molecule has 0 spiro atoms. The summed E-state index contributed by atoms with van der Waals surface area (Å²) in [6.07, 6.45) is 2.73. The number of amides is 2. The van der Waals surface area contributed by atoms with Gasteiger partial charge in [-0.15, -0.1) is 0 Å². The van der Waals surface area contributed by atoms with Crippen LogP contribution in [0.2, 0.25) is 0 Å². The van der Waals surface area contributed by atoms with E-state index in [4.69, 9.17) is 0 Å². The average Bonchev–Trinajstić information content (AvgIpc) is 2.60. The standard InChI is InChI=1S/C20H26N2O.C2H7N/c1-20(2,16-18-12-7-4-8-13-18)22-19(23)21-15-9-14-17-10-5-3-6-11-17;1-3-2/h3-8,10-13H,9,14-16H2,1-2H3,(H2,21,22,23);3H,1-2H3. The molecule has 26 heavy (non-hydrogen) atoms. The van der Waals surface area contributed by atoms with Crippen molar-refractivity contribution in [2.75, 3.05) is 20.6 Å². The summed E-state index contributed by atoms with van der Waals surface area (Å²) in [6, 6.07) is 20.5. The van der Waals surface area contributed by atoms with Crippen LogP contribution in [0.1, 0.15) is 31.4 Å². The maximum absolute atomic E-state index is 12.0. The first kappa shape index (κ1) is 21.7. The number of aryl methyl sites for hydroxylation is 1. The summed E-state index contributed by atoms with van der Waals surface area (Å²) in [7, 11) is 3.75. The lowest BCUT2D eigenvalue weighted by Crippen LogP contribution is -2.49. The van der Waals surface area contributed by atoms with E-state index < -0.39 is 0 Å². The minimum absolute atomic E-state index is 0.0982. The average molecular weight is 356 g/mol. The van der Waals surface area contributed by atoms with E-state index in [1.165, 1.54) is 11.1 Å². The second-order valence-electron chi connectivity index (χ2n) is 7.02. The van der Waals surface area contributed by atoms with Gasteiger partial charge in [-0.25, -0.2) is 4.79 Å². The second kappa shape index (κ2) is 12.1. The summed E-state index contributed by atoms with van der Waals surface area (Å²) in [4.78, 5) is 12.0. The molecule has 142 valence electrons. The van der Waals surface area contributed by atoms with Crippen LogP contribution in [-0.2, 0) is 12.8 Å². The van der Waals surface area contributed by atoms with Gasteiger partial charge in [0.15, 0.2) is 0 Å². The zero-order valence-corrected chi connectivity index (χ0v) is 16.5. The summed E-state index contributed by atoms with van der Waals surface area (Å²) < 4.78 is 0. The Bertz CT molecular complexity index is 612. The number of hydrogen-bond acceptors (Lipinski definition) is 2. The highest BCUT2D eigenvalue weighted by atomic mass is 16.2. The Hall–Kier alpha value is -2.33.